The topological polar surface area (TPSA) is 66.8 Å². The fourth-order valence-corrected chi connectivity index (χ4v) is 3.97. The lowest BCUT2D eigenvalue weighted by Gasteiger charge is -2.24. The van der Waals surface area contributed by atoms with Crippen LogP contribution in [0.4, 0.5) is 0 Å². The highest BCUT2D eigenvalue weighted by Gasteiger charge is 2.45. The largest absolute Gasteiger partial charge is 0.507 e. The van der Waals surface area contributed by atoms with Crippen LogP contribution in [0.3, 0.4) is 0 Å². The third-order valence-corrected chi connectivity index (χ3v) is 5.71. The number of benzene rings is 2. The first-order chi connectivity index (χ1) is 15.3. The van der Waals surface area contributed by atoms with E-state index in [9.17, 15) is 14.7 Å². The summed E-state index contributed by atoms with van der Waals surface area (Å²) in [7, 11) is 0. The van der Waals surface area contributed by atoms with Gasteiger partial charge in [-0.2, -0.15) is 0 Å². The van der Waals surface area contributed by atoms with Crippen molar-refractivity contribution in [3.05, 3.63) is 82.9 Å². The maximum Gasteiger partial charge on any atom is 0.295 e. The van der Waals surface area contributed by atoms with Crippen molar-refractivity contribution in [2.24, 2.45) is 0 Å². The normalized spacial score (nSPS) is 17.8. The van der Waals surface area contributed by atoms with Gasteiger partial charge in [0.1, 0.15) is 11.5 Å². The SMILES string of the molecule is C=CCN1C(=O)C(=O)/C(=C(/O)c2ccc(OCCC)cc2C)C1c1ccc(C(C)C)cc1. The van der Waals surface area contributed by atoms with Gasteiger partial charge in [-0.3, -0.25) is 9.59 Å². The summed E-state index contributed by atoms with van der Waals surface area (Å²) in [6, 6.07) is 12.5. The monoisotopic (exact) mass is 433 g/mol. The van der Waals surface area contributed by atoms with Crippen molar-refractivity contribution >= 4 is 17.4 Å². The number of aliphatic hydroxyl groups excluding tert-OH is 1. The second-order valence-electron chi connectivity index (χ2n) is 8.39. The number of carbonyl (C=O) groups is 2. The van der Waals surface area contributed by atoms with Gasteiger partial charge < -0.3 is 14.7 Å². The Labute approximate surface area is 190 Å². The molecule has 168 valence electrons. The Morgan fingerprint density at radius 2 is 1.88 bits per heavy atom. The molecule has 0 spiro atoms. The van der Waals surface area contributed by atoms with Crippen LogP contribution in [0.1, 0.15) is 61.4 Å². The Bertz CT molecular complexity index is 1050. The van der Waals surface area contributed by atoms with E-state index in [0.717, 1.165) is 23.1 Å². The zero-order valence-corrected chi connectivity index (χ0v) is 19.2. The maximum absolute atomic E-state index is 13.0. The van der Waals surface area contributed by atoms with Gasteiger partial charge in [-0.15, -0.1) is 6.58 Å². The van der Waals surface area contributed by atoms with Crippen LogP contribution in [0.15, 0.2) is 60.7 Å². The number of Topliss-reactive ketones (excluding diaryl/α,β-unsaturated/α-hetero) is 1. The van der Waals surface area contributed by atoms with E-state index in [1.807, 2.05) is 44.2 Å². The quantitative estimate of drug-likeness (QED) is 0.258. The molecule has 1 aliphatic rings. The number of nitrogens with zero attached hydrogens (tertiary/aromatic N) is 1. The van der Waals surface area contributed by atoms with Gasteiger partial charge in [-0.25, -0.2) is 0 Å². The highest BCUT2D eigenvalue weighted by atomic mass is 16.5. The van der Waals surface area contributed by atoms with Crippen LogP contribution >= 0.6 is 0 Å². The number of amides is 1. The van der Waals surface area contributed by atoms with Gasteiger partial charge in [0.15, 0.2) is 0 Å². The standard InChI is InChI=1S/C27H31NO4/c1-6-14-28-24(20-10-8-19(9-11-20)17(3)4)23(26(30)27(28)31)25(29)22-13-12-21(16-18(22)5)32-15-7-2/h6,8-13,16-17,24,29H,1,7,14-15H2,2-5H3/b25-23+. The summed E-state index contributed by atoms with van der Waals surface area (Å²) in [6.45, 7) is 12.6. The molecule has 2 aromatic rings. The Balaban J connectivity index is 2.12. The second-order valence-corrected chi connectivity index (χ2v) is 8.39. The zero-order valence-electron chi connectivity index (χ0n) is 19.2. The highest BCUT2D eigenvalue weighted by molar-refractivity contribution is 6.46. The third-order valence-electron chi connectivity index (χ3n) is 5.71. The Morgan fingerprint density at radius 3 is 2.44 bits per heavy atom. The Hall–Kier alpha value is -3.34. The number of hydrogen-bond acceptors (Lipinski definition) is 4. The molecule has 5 nitrogen and oxygen atoms in total. The number of rotatable bonds is 8. The number of likely N-dealkylation sites (tertiary alicyclic amines) is 1. The van der Waals surface area contributed by atoms with Crippen molar-refractivity contribution < 1.29 is 19.4 Å². The predicted molar refractivity (Wildman–Crippen MR) is 127 cm³/mol. The average molecular weight is 434 g/mol. The molecule has 1 atom stereocenters. The smallest absolute Gasteiger partial charge is 0.295 e. The van der Waals surface area contributed by atoms with Crippen LogP contribution in [0.2, 0.25) is 0 Å². The third kappa shape index (κ3) is 4.47. The van der Waals surface area contributed by atoms with E-state index in [0.29, 0.717) is 23.8 Å². The van der Waals surface area contributed by atoms with Crippen molar-refractivity contribution in [1.82, 2.24) is 4.90 Å². The van der Waals surface area contributed by atoms with Gasteiger partial charge in [-0.05, 0) is 54.2 Å². The number of hydrogen-bond donors (Lipinski definition) is 1. The van der Waals surface area contributed by atoms with Crippen LogP contribution in [-0.4, -0.2) is 34.8 Å². The molecule has 1 heterocycles. The molecule has 1 aliphatic heterocycles. The van der Waals surface area contributed by atoms with Gasteiger partial charge in [0.2, 0.25) is 0 Å². The van der Waals surface area contributed by atoms with E-state index >= 15 is 0 Å². The minimum Gasteiger partial charge on any atom is -0.507 e. The summed E-state index contributed by atoms with van der Waals surface area (Å²) in [5.41, 5.74) is 3.30. The number of aliphatic hydroxyl groups is 1. The van der Waals surface area contributed by atoms with Gasteiger partial charge in [-0.1, -0.05) is 51.1 Å². The number of ketones is 1. The molecular weight excluding hydrogens is 402 g/mol. The Morgan fingerprint density at radius 1 is 1.19 bits per heavy atom. The van der Waals surface area contributed by atoms with Crippen molar-refractivity contribution in [2.75, 3.05) is 13.2 Å². The van der Waals surface area contributed by atoms with Gasteiger partial charge in [0, 0.05) is 12.1 Å². The van der Waals surface area contributed by atoms with Gasteiger partial charge in [0.25, 0.3) is 11.7 Å². The molecule has 3 rings (SSSR count). The molecule has 1 unspecified atom stereocenters. The summed E-state index contributed by atoms with van der Waals surface area (Å²) in [5.74, 6) is -0.432. The van der Waals surface area contributed by atoms with Crippen molar-refractivity contribution in [2.45, 2.75) is 46.1 Å². The molecule has 0 saturated carbocycles. The summed E-state index contributed by atoms with van der Waals surface area (Å²) in [5, 5.41) is 11.2. The molecular formula is C27H31NO4. The van der Waals surface area contributed by atoms with E-state index in [-0.39, 0.29) is 17.9 Å². The van der Waals surface area contributed by atoms with Gasteiger partial charge >= 0.3 is 0 Å². The molecule has 0 aromatic heterocycles. The van der Waals surface area contributed by atoms with E-state index in [1.54, 1.807) is 18.2 Å². The lowest BCUT2D eigenvalue weighted by molar-refractivity contribution is -0.139. The number of carbonyl (C=O) groups excluding carboxylic acids is 2. The lowest BCUT2D eigenvalue weighted by atomic mass is 9.92. The minimum absolute atomic E-state index is 0.0967. The first-order valence-electron chi connectivity index (χ1n) is 11.0. The van der Waals surface area contributed by atoms with Crippen molar-refractivity contribution in [3.8, 4) is 5.75 Å². The molecule has 0 aliphatic carbocycles. The van der Waals surface area contributed by atoms with Crippen LogP contribution in [-0.2, 0) is 9.59 Å². The molecule has 1 fully saturated rings. The van der Waals surface area contributed by atoms with E-state index in [1.165, 1.54) is 4.90 Å². The highest BCUT2D eigenvalue weighted by Crippen LogP contribution is 2.40. The first kappa shape index (κ1) is 23.3. The predicted octanol–water partition coefficient (Wildman–Crippen LogP) is 5.51. The molecule has 2 aromatic carbocycles. The van der Waals surface area contributed by atoms with Crippen molar-refractivity contribution in [1.29, 1.82) is 0 Å². The fraction of sp³-hybridized carbons (Fsp3) is 0.333. The lowest BCUT2D eigenvalue weighted by Crippen LogP contribution is -2.29. The van der Waals surface area contributed by atoms with E-state index < -0.39 is 17.7 Å². The molecule has 1 saturated heterocycles. The maximum atomic E-state index is 13.0. The van der Waals surface area contributed by atoms with Crippen LogP contribution in [0.5, 0.6) is 5.75 Å². The second kappa shape index (κ2) is 9.86. The Kier molecular flexibility index (Phi) is 7.18. The molecule has 5 heteroatoms. The number of ether oxygens (including phenoxy) is 1. The van der Waals surface area contributed by atoms with Crippen molar-refractivity contribution in [3.63, 3.8) is 0 Å². The molecule has 0 radical (unpaired) electrons. The summed E-state index contributed by atoms with van der Waals surface area (Å²) in [6.07, 6.45) is 2.48. The molecule has 32 heavy (non-hydrogen) atoms. The summed E-state index contributed by atoms with van der Waals surface area (Å²) >= 11 is 0. The minimum atomic E-state index is -0.687. The van der Waals surface area contributed by atoms with Crippen LogP contribution < -0.4 is 4.74 Å². The van der Waals surface area contributed by atoms with Crippen LogP contribution in [0.25, 0.3) is 5.76 Å². The van der Waals surface area contributed by atoms with Crippen LogP contribution in [0, 0.1) is 6.92 Å². The summed E-state index contributed by atoms with van der Waals surface area (Å²) < 4.78 is 5.67. The van der Waals surface area contributed by atoms with E-state index in [2.05, 4.69) is 20.4 Å². The average Bonchev–Trinajstić information content (AvgIpc) is 3.02. The van der Waals surface area contributed by atoms with E-state index in [4.69, 9.17) is 4.74 Å². The fourth-order valence-electron chi connectivity index (χ4n) is 3.97. The zero-order chi connectivity index (χ0) is 23.4. The molecule has 1 amide bonds. The summed E-state index contributed by atoms with van der Waals surface area (Å²) in [4.78, 5) is 27.3. The first-order valence-corrected chi connectivity index (χ1v) is 11.0. The number of aryl methyl sites for hydroxylation is 1. The van der Waals surface area contributed by atoms with Gasteiger partial charge in [0.05, 0.1) is 18.2 Å². The molecule has 1 N–H and O–H groups in total. The molecule has 0 bridgehead atoms.